The molecule has 4 nitrogen and oxygen atoms in total. The fraction of sp³-hybridized carbons (Fsp3) is 0.200. The predicted octanol–water partition coefficient (Wildman–Crippen LogP) is 2.37. The van der Waals surface area contributed by atoms with Crippen molar-refractivity contribution in [2.75, 3.05) is 5.43 Å². The van der Waals surface area contributed by atoms with E-state index >= 15 is 0 Å². The first-order chi connectivity index (χ1) is 9.51. The summed E-state index contributed by atoms with van der Waals surface area (Å²) in [6.45, 7) is 3.56. The summed E-state index contributed by atoms with van der Waals surface area (Å²) in [6, 6.07) is 7.49. The molecule has 1 aromatic heterocycles. The average Bonchev–Trinajstić information content (AvgIpc) is 2.69. The second kappa shape index (κ2) is 5.69. The molecule has 1 aromatic carbocycles. The summed E-state index contributed by atoms with van der Waals surface area (Å²) in [4.78, 5) is 22.8. The molecule has 0 spiro atoms. The third kappa shape index (κ3) is 2.93. The lowest BCUT2D eigenvalue weighted by atomic mass is 10.1. The van der Waals surface area contributed by atoms with Crippen LogP contribution in [0.25, 0.3) is 0 Å². The van der Waals surface area contributed by atoms with Crippen LogP contribution in [0.5, 0.6) is 0 Å². The van der Waals surface area contributed by atoms with Crippen molar-refractivity contribution in [1.29, 1.82) is 0 Å². The highest BCUT2D eigenvalue weighted by Gasteiger charge is 2.11. The van der Waals surface area contributed by atoms with Gasteiger partial charge in [-0.15, -0.1) is 0 Å². The lowest BCUT2D eigenvalue weighted by Crippen LogP contribution is -2.26. The number of hydrogen-bond acceptors (Lipinski definition) is 2. The van der Waals surface area contributed by atoms with Crippen molar-refractivity contribution in [3.05, 3.63) is 58.7 Å². The number of amides is 1. The molecular weight excluding hydrogens is 259 g/mol. The highest BCUT2D eigenvalue weighted by molar-refractivity contribution is 5.86. The molecule has 0 saturated heterocycles. The van der Waals surface area contributed by atoms with Gasteiger partial charge in [-0.2, -0.15) is 0 Å². The van der Waals surface area contributed by atoms with Crippen LogP contribution in [-0.2, 0) is 11.2 Å². The van der Waals surface area contributed by atoms with Crippen molar-refractivity contribution in [3.8, 4) is 0 Å². The SMILES string of the molecule is Cc1cc(C=O)c(C)n1NC(=O)Cc1ccc(F)cc1. The van der Waals surface area contributed by atoms with E-state index in [0.29, 0.717) is 11.3 Å². The summed E-state index contributed by atoms with van der Waals surface area (Å²) in [5.74, 6) is -0.558. The molecule has 0 radical (unpaired) electrons. The zero-order valence-corrected chi connectivity index (χ0v) is 11.3. The van der Waals surface area contributed by atoms with E-state index in [9.17, 15) is 14.0 Å². The lowest BCUT2D eigenvalue weighted by molar-refractivity contribution is -0.116. The number of aryl methyl sites for hydroxylation is 1. The van der Waals surface area contributed by atoms with Crippen LogP contribution in [-0.4, -0.2) is 16.9 Å². The molecule has 2 rings (SSSR count). The van der Waals surface area contributed by atoms with Crippen LogP contribution in [0.4, 0.5) is 4.39 Å². The summed E-state index contributed by atoms with van der Waals surface area (Å²) in [5.41, 5.74) is 5.45. The molecule has 20 heavy (non-hydrogen) atoms. The molecule has 1 N–H and O–H groups in total. The zero-order chi connectivity index (χ0) is 14.7. The number of nitrogens with one attached hydrogen (secondary N) is 1. The molecule has 0 saturated carbocycles. The third-order valence-corrected chi connectivity index (χ3v) is 3.11. The van der Waals surface area contributed by atoms with E-state index in [-0.39, 0.29) is 18.1 Å². The Bertz CT molecular complexity index is 645. The second-order valence-corrected chi connectivity index (χ2v) is 4.62. The minimum atomic E-state index is -0.332. The van der Waals surface area contributed by atoms with Gasteiger partial charge < -0.3 is 0 Å². The Labute approximate surface area is 116 Å². The Balaban J connectivity index is 2.10. The van der Waals surface area contributed by atoms with Crippen LogP contribution in [0.1, 0.15) is 27.3 Å². The molecule has 0 unspecified atom stereocenters. The molecule has 0 bridgehead atoms. The van der Waals surface area contributed by atoms with Gasteiger partial charge in [-0.3, -0.25) is 19.7 Å². The Kier molecular flexibility index (Phi) is 3.98. The van der Waals surface area contributed by atoms with Crippen molar-refractivity contribution in [3.63, 3.8) is 0 Å². The number of nitrogens with zero attached hydrogens (tertiary/aromatic N) is 1. The van der Waals surface area contributed by atoms with E-state index in [4.69, 9.17) is 0 Å². The molecule has 1 amide bonds. The predicted molar refractivity (Wildman–Crippen MR) is 73.8 cm³/mol. The molecule has 1 heterocycles. The molecule has 0 fully saturated rings. The topological polar surface area (TPSA) is 51.1 Å². The van der Waals surface area contributed by atoms with E-state index in [1.807, 2.05) is 0 Å². The van der Waals surface area contributed by atoms with Crippen molar-refractivity contribution in [2.24, 2.45) is 0 Å². The van der Waals surface area contributed by atoms with Gasteiger partial charge in [0.05, 0.1) is 6.42 Å². The first-order valence-corrected chi connectivity index (χ1v) is 6.19. The van der Waals surface area contributed by atoms with E-state index in [0.717, 1.165) is 17.5 Å². The van der Waals surface area contributed by atoms with Gasteiger partial charge in [0.2, 0.25) is 5.91 Å². The van der Waals surface area contributed by atoms with Gasteiger partial charge in [-0.1, -0.05) is 12.1 Å². The number of hydrogen-bond donors (Lipinski definition) is 1. The van der Waals surface area contributed by atoms with Gasteiger partial charge >= 0.3 is 0 Å². The Hall–Kier alpha value is -2.43. The summed E-state index contributed by atoms with van der Waals surface area (Å²) in [5, 5.41) is 0. The highest BCUT2D eigenvalue weighted by atomic mass is 19.1. The van der Waals surface area contributed by atoms with Crippen molar-refractivity contribution >= 4 is 12.2 Å². The smallest absolute Gasteiger partial charge is 0.243 e. The van der Waals surface area contributed by atoms with Gasteiger partial charge in [0.25, 0.3) is 0 Å². The summed E-state index contributed by atoms with van der Waals surface area (Å²) in [6.07, 6.45) is 0.902. The lowest BCUT2D eigenvalue weighted by Gasteiger charge is -2.11. The van der Waals surface area contributed by atoms with E-state index in [1.54, 1.807) is 36.7 Å². The van der Waals surface area contributed by atoms with Gasteiger partial charge in [0.15, 0.2) is 6.29 Å². The Morgan fingerprint density at radius 3 is 2.50 bits per heavy atom. The highest BCUT2D eigenvalue weighted by Crippen LogP contribution is 2.11. The maximum Gasteiger partial charge on any atom is 0.243 e. The monoisotopic (exact) mass is 274 g/mol. The summed E-state index contributed by atoms with van der Waals surface area (Å²) < 4.78 is 14.4. The van der Waals surface area contributed by atoms with Crippen LogP contribution in [0.3, 0.4) is 0 Å². The number of aromatic nitrogens is 1. The first-order valence-electron chi connectivity index (χ1n) is 6.19. The molecule has 104 valence electrons. The number of carbonyl (C=O) groups excluding carboxylic acids is 2. The van der Waals surface area contributed by atoms with Crippen molar-refractivity contribution in [2.45, 2.75) is 20.3 Å². The summed E-state index contributed by atoms with van der Waals surface area (Å²) in [7, 11) is 0. The molecule has 0 aliphatic heterocycles. The average molecular weight is 274 g/mol. The maximum atomic E-state index is 12.8. The molecule has 0 aliphatic rings. The number of rotatable bonds is 4. The van der Waals surface area contributed by atoms with Crippen LogP contribution in [0.2, 0.25) is 0 Å². The molecular formula is C15H15FN2O2. The normalized spacial score (nSPS) is 10.3. The first kappa shape index (κ1) is 14.0. The molecule has 0 atom stereocenters. The van der Waals surface area contributed by atoms with Gasteiger partial charge in [-0.05, 0) is 37.6 Å². The van der Waals surface area contributed by atoms with Gasteiger partial charge in [0.1, 0.15) is 5.82 Å². The van der Waals surface area contributed by atoms with Crippen LogP contribution in [0, 0.1) is 19.7 Å². The number of aldehydes is 1. The largest absolute Gasteiger partial charge is 0.298 e. The van der Waals surface area contributed by atoms with Crippen LogP contribution < -0.4 is 5.43 Å². The van der Waals surface area contributed by atoms with E-state index in [1.165, 1.54) is 12.1 Å². The van der Waals surface area contributed by atoms with Crippen molar-refractivity contribution < 1.29 is 14.0 Å². The quantitative estimate of drug-likeness (QED) is 0.870. The van der Waals surface area contributed by atoms with Crippen LogP contribution >= 0.6 is 0 Å². The van der Waals surface area contributed by atoms with Gasteiger partial charge in [-0.25, -0.2) is 4.39 Å². The van der Waals surface area contributed by atoms with Gasteiger partial charge in [0, 0.05) is 17.0 Å². The Morgan fingerprint density at radius 2 is 1.95 bits per heavy atom. The minimum absolute atomic E-state index is 0.147. The fourth-order valence-corrected chi connectivity index (χ4v) is 2.03. The van der Waals surface area contributed by atoms with E-state index < -0.39 is 0 Å². The zero-order valence-electron chi connectivity index (χ0n) is 11.3. The molecule has 5 heteroatoms. The minimum Gasteiger partial charge on any atom is -0.298 e. The number of halogens is 1. The van der Waals surface area contributed by atoms with E-state index in [2.05, 4.69) is 5.43 Å². The summed E-state index contributed by atoms with van der Waals surface area (Å²) >= 11 is 0. The third-order valence-electron chi connectivity index (χ3n) is 3.11. The number of carbonyl (C=O) groups is 2. The van der Waals surface area contributed by atoms with Crippen LogP contribution in [0.15, 0.2) is 30.3 Å². The molecule has 2 aromatic rings. The number of benzene rings is 1. The Morgan fingerprint density at radius 1 is 1.30 bits per heavy atom. The molecule has 0 aliphatic carbocycles. The maximum absolute atomic E-state index is 12.8. The van der Waals surface area contributed by atoms with Crippen molar-refractivity contribution in [1.82, 2.24) is 4.68 Å². The second-order valence-electron chi connectivity index (χ2n) is 4.62. The standard InChI is InChI=1S/C15H15FN2O2/c1-10-7-13(9-19)11(2)18(10)17-15(20)8-12-3-5-14(16)6-4-12/h3-7,9H,8H2,1-2H3,(H,17,20). The fourth-order valence-electron chi connectivity index (χ4n) is 2.03.